The van der Waals surface area contributed by atoms with E-state index in [0.29, 0.717) is 16.8 Å². The van der Waals surface area contributed by atoms with Gasteiger partial charge in [0.25, 0.3) is 0 Å². The molecule has 0 amide bonds. The van der Waals surface area contributed by atoms with E-state index in [0.717, 1.165) is 12.8 Å². The highest BCUT2D eigenvalue weighted by molar-refractivity contribution is 9.09. The van der Waals surface area contributed by atoms with Gasteiger partial charge < -0.3 is 0 Å². The molecule has 0 bridgehead atoms. The largest absolute Gasteiger partial charge is 0.234 e. The molecule has 14 heavy (non-hydrogen) atoms. The van der Waals surface area contributed by atoms with Gasteiger partial charge in [-0.15, -0.1) is 0 Å². The van der Waals surface area contributed by atoms with Crippen LogP contribution in [0.4, 0.5) is 0 Å². The van der Waals surface area contributed by atoms with Crippen LogP contribution in [0.1, 0.15) is 40.0 Å². The van der Waals surface area contributed by atoms with Crippen molar-refractivity contribution in [1.29, 1.82) is 0 Å². The summed E-state index contributed by atoms with van der Waals surface area (Å²) in [6.07, 6.45) is 5.07. The Bertz CT molecular complexity index is 258. The number of halogens is 1. The smallest absolute Gasteiger partial charge is 0.211 e. The maximum atomic E-state index is 10.1. The van der Waals surface area contributed by atoms with Gasteiger partial charge >= 0.3 is 0 Å². The lowest BCUT2D eigenvalue weighted by Gasteiger charge is -2.44. The minimum absolute atomic E-state index is 0.160. The van der Waals surface area contributed by atoms with E-state index in [1.807, 2.05) is 0 Å². The van der Waals surface area contributed by atoms with Crippen LogP contribution in [0.2, 0.25) is 0 Å². The van der Waals surface area contributed by atoms with Crippen molar-refractivity contribution in [3.8, 4) is 0 Å². The number of hydrogen-bond acceptors (Lipinski definition) is 2. The Morgan fingerprint density at radius 3 is 2.57 bits per heavy atom. The molecule has 2 unspecified atom stereocenters. The molecular weight excluding hydrogens is 242 g/mol. The SMILES string of the molecule is CC1(C)CC(Br)CC(C)(CN=C=O)C1. The number of aliphatic imine (C=N–C) groups is 1. The Hall–Kier alpha value is -0.140. The summed E-state index contributed by atoms with van der Waals surface area (Å²) in [6, 6.07) is 0. The third kappa shape index (κ3) is 3.21. The molecule has 2 nitrogen and oxygen atoms in total. The second kappa shape index (κ2) is 4.16. The molecule has 0 aromatic carbocycles. The Balaban J connectivity index is 2.73. The molecule has 0 aromatic rings. The van der Waals surface area contributed by atoms with Crippen molar-refractivity contribution >= 4 is 22.0 Å². The standard InChI is InChI=1S/C11H18BrNO/c1-10(2)4-9(12)5-11(3,6-10)7-13-8-14/h9H,4-7H2,1-3H3. The van der Waals surface area contributed by atoms with Crippen LogP contribution in [0.5, 0.6) is 0 Å². The van der Waals surface area contributed by atoms with Gasteiger partial charge in [-0.05, 0) is 30.1 Å². The molecule has 0 heterocycles. The monoisotopic (exact) mass is 259 g/mol. The highest BCUT2D eigenvalue weighted by Gasteiger charge is 2.40. The lowest BCUT2D eigenvalue weighted by molar-refractivity contribution is 0.114. The van der Waals surface area contributed by atoms with E-state index in [2.05, 4.69) is 41.7 Å². The summed E-state index contributed by atoms with van der Waals surface area (Å²) < 4.78 is 0. The van der Waals surface area contributed by atoms with Crippen LogP contribution in [0.25, 0.3) is 0 Å². The van der Waals surface area contributed by atoms with Gasteiger partial charge in [0.15, 0.2) is 0 Å². The molecule has 1 rings (SSSR count). The average Bonchev–Trinajstić information content (AvgIpc) is 1.96. The van der Waals surface area contributed by atoms with Crippen LogP contribution in [-0.2, 0) is 4.79 Å². The predicted octanol–water partition coefficient (Wildman–Crippen LogP) is 3.30. The summed E-state index contributed by atoms with van der Waals surface area (Å²) in [5, 5.41) is 0. The van der Waals surface area contributed by atoms with Gasteiger partial charge in [-0.1, -0.05) is 36.7 Å². The molecule has 0 aliphatic heterocycles. The molecule has 2 atom stereocenters. The van der Waals surface area contributed by atoms with Crippen molar-refractivity contribution in [3.63, 3.8) is 0 Å². The van der Waals surface area contributed by atoms with Crippen LogP contribution >= 0.6 is 15.9 Å². The Morgan fingerprint density at radius 1 is 1.43 bits per heavy atom. The van der Waals surface area contributed by atoms with E-state index in [1.54, 1.807) is 6.08 Å². The van der Waals surface area contributed by atoms with Crippen molar-refractivity contribution in [2.24, 2.45) is 15.8 Å². The zero-order valence-electron chi connectivity index (χ0n) is 9.14. The molecule has 3 heteroatoms. The first-order valence-corrected chi connectivity index (χ1v) is 5.96. The van der Waals surface area contributed by atoms with E-state index >= 15 is 0 Å². The second-order valence-corrected chi connectivity index (χ2v) is 6.86. The fraction of sp³-hybridized carbons (Fsp3) is 0.909. The first-order chi connectivity index (χ1) is 6.37. The summed E-state index contributed by atoms with van der Waals surface area (Å²) in [5.74, 6) is 0. The van der Waals surface area contributed by atoms with Crippen LogP contribution in [0, 0.1) is 10.8 Å². The number of rotatable bonds is 2. The number of hydrogen-bond donors (Lipinski definition) is 0. The second-order valence-electron chi connectivity index (χ2n) is 5.56. The lowest BCUT2D eigenvalue weighted by atomic mass is 9.64. The first kappa shape index (κ1) is 11.9. The minimum Gasteiger partial charge on any atom is -0.211 e. The zero-order chi connectivity index (χ0) is 10.8. The van der Waals surface area contributed by atoms with E-state index < -0.39 is 0 Å². The quantitative estimate of drug-likeness (QED) is 0.425. The Morgan fingerprint density at radius 2 is 2.07 bits per heavy atom. The van der Waals surface area contributed by atoms with Gasteiger partial charge in [0.1, 0.15) is 0 Å². The summed E-state index contributed by atoms with van der Waals surface area (Å²) in [4.78, 5) is 14.4. The van der Waals surface area contributed by atoms with Crippen LogP contribution < -0.4 is 0 Å². The molecule has 0 spiro atoms. The van der Waals surface area contributed by atoms with E-state index in [9.17, 15) is 4.79 Å². The van der Waals surface area contributed by atoms with Crippen molar-refractivity contribution < 1.29 is 4.79 Å². The van der Waals surface area contributed by atoms with Crippen LogP contribution in [0.3, 0.4) is 0 Å². The Kier molecular flexibility index (Phi) is 3.54. The first-order valence-electron chi connectivity index (χ1n) is 5.05. The van der Waals surface area contributed by atoms with Crippen LogP contribution in [-0.4, -0.2) is 17.5 Å². The van der Waals surface area contributed by atoms with Crippen LogP contribution in [0.15, 0.2) is 4.99 Å². The maximum absolute atomic E-state index is 10.1. The molecule has 1 aliphatic carbocycles. The van der Waals surface area contributed by atoms with Gasteiger partial charge in [-0.25, -0.2) is 9.79 Å². The number of carbonyl (C=O) groups excluding carboxylic acids is 1. The molecular formula is C11H18BrNO. The van der Waals surface area contributed by atoms with E-state index in [1.165, 1.54) is 6.42 Å². The fourth-order valence-electron chi connectivity index (χ4n) is 2.85. The van der Waals surface area contributed by atoms with Crippen molar-refractivity contribution in [3.05, 3.63) is 0 Å². The summed E-state index contributed by atoms with van der Waals surface area (Å²) in [5.41, 5.74) is 0.507. The van der Waals surface area contributed by atoms with Crippen molar-refractivity contribution in [2.45, 2.75) is 44.9 Å². The highest BCUT2D eigenvalue weighted by atomic mass is 79.9. The van der Waals surface area contributed by atoms with Crippen molar-refractivity contribution in [1.82, 2.24) is 0 Å². The third-order valence-electron chi connectivity index (χ3n) is 2.92. The molecule has 0 N–H and O–H groups in total. The molecule has 1 saturated carbocycles. The topological polar surface area (TPSA) is 29.4 Å². The molecule has 0 saturated heterocycles. The number of isocyanates is 1. The maximum Gasteiger partial charge on any atom is 0.234 e. The summed E-state index contributed by atoms with van der Waals surface area (Å²) in [7, 11) is 0. The zero-order valence-corrected chi connectivity index (χ0v) is 10.7. The lowest BCUT2D eigenvalue weighted by Crippen LogP contribution is -2.37. The van der Waals surface area contributed by atoms with Gasteiger partial charge in [-0.2, -0.15) is 0 Å². The third-order valence-corrected chi connectivity index (χ3v) is 3.57. The van der Waals surface area contributed by atoms with Gasteiger partial charge in [0.2, 0.25) is 6.08 Å². The average molecular weight is 260 g/mol. The fourth-order valence-corrected chi connectivity index (χ4v) is 4.51. The van der Waals surface area contributed by atoms with Gasteiger partial charge in [-0.3, -0.25) is 0 Å². The number of nitrogens with zero attached hydrogens (tertiary/aromatic N) is 1. The normalized spacial score (nSPS) is 36.1. The van der Waals surface area contributed by atoms with E-state index in [4.69, 9.17) is 0 Å². The van der Waals surface area contributed by atoms with Crippen molar-refractivity contribution in [2.75, 3.05) is 6.54 Å². The molecule has 0 aromatic heterocycles. The van der Waals surface area contributed by atoms with Gasteiger partial charge in [0.05, 0.1) is 6.54 Å². The highest BCUT2D eigenvalue weighted by Crippen LogP contribution is 2.48. The molecule has 80 valence electrons. The van der Waals surface area contributed by atoms with Gasteiger partial charge in [0, 0.05) is 4.83 Å². The minimum atomic E-state index is 0.160. The Labute approximate surface area is 94.3 Å². The van der Waals surface area contributed by atoms with E-state index in [-0.39, 0.29) is 5.41 Å². The summed E-state index contributed by atoms with van der Waals surface area (Å²) in [6.45, 7) is 7.39. The molecule has 1 aliphatic rings. The predicted molar refractivity (Wildman–Crippen MR) is 61.4 cm³/mol. The number of alkyl halides is 1. The molecule has 1 fully saturated rings. The summed E-state index contributed by atoms with van der Waals surface area (Å²) >= 11 is 3.69. The molecule has 0 radical (unpaired) electrons.